The Labute approximate surface area is 157 Å². The minimum absolute atomic E-state index is 0.0954. The summed E-state index contributed by atoms with van der Waals surface area (Å²) in [6.45, 7) is 13.4. The minimum Gasteiger partial charge on any atom is -0.396 e. The molecular weight excluding hydrogens is 332 g/mol. The van der Waals surface area contributed by atoms with Crippen molar-refractivity contribution in [3.63, 3.8) is 0 Å². The number of hydrogen-bond donors (Lipinski definition) is 3. The maximum atomic E-state index is 9.36. The zero-order chi connectivity index (χ0) is 18.7. The van der Waals surface area contributed by atoms with Gasteiger partial charge in [-0.3, -0.25) is 4.99 Å². The molecule has 144 valence electrons. The highest BCUT2D eigenvalue weighted by Gasteiger charge is 2.25. The van der Waals surface area contributed by atoms with Crippen LogP contribution in [0.15, 0.2) is 10.4 Å². The highest BCUT2D eigenvalue weighted by Crippen LogP contribution is 2.30. The third kappa shape index (κ3) is 7.32. The average molecular weight is 369 g/mol. The van der Waals surface area contributed by atoms with Crippen LogP contribution in [0.5, 0.6) is 0 Å². The van der Waals surface area contributed by atoms with E-state index in [1.54, 1.807) is 11.3 Å². The molecule has 0 atom stereocenters. The molecule has 1 heterocycles. The highest BCUT2D eigenvalue weighted by molar-refractivity contribution is 7.09. The van der Waals surface area contributed by atoms with Gasteiger partial charge >= 0.3 is 0 Å². The van der Waals surface area contributed by atoms with Crippen molar-refractivity contribution < 1.29 is 5.11 Å². The second-order valence-electron chi connectivity index (χ2n) is 6.88. The lowest BCUT2D eigenvalue weighted by atomic mass is 9.79. The van der Waals surface area contributed by atoms with Crippen LogP contribution in [0.1, 0.15) is 70.5 Å². The largest absolute Gasteiger partial charge is 0.396 e. The molecule has 0 bridgehead atoms. The summed E-state index contributed by atoms with van der Waals surface area (Å²) >= 11 is 1.74. The van der Waals surface area contributed by atoms with E-state index in [0.717, 1.165) is 57.0 Å². The number of thiazole rings is 1. The molecule has 0 radical (unpaired) electrons. The van der Waals surface area contributed by atoms with Crippen molar-refractivity contribution >= 4 is 17.3 Å². The van der Waals surface area contributed by atoms with Crippen molar-refractivity contribution in [2.75, 3.05) is 26.2 Å². The van der Waals surface area contributed by atoms with Gasteiger partial charge in [0.15, 0.2) is 5.96 Å². The van der Waals surface area contributed by atoms with E-state index >= 15 is 0 Å². The number of hydrogen-bond acceptors (Lipinski definition) is 4. The number of aliphatic hydroxyl groups is 1. The number of aliphatic imine (C=N–C) groups is 1. The normalized spacial score (nSPS) is 12.7. The lowest BCUT2D eigenvalue weighted by Gasteiger charge is -2.29. The molecule has 0 aliphatic rings. The van der Waals surface area contributed by atoms with Crippen LogP contribution in [0, 0.1) is 5.41 Å². The second kappa shape index (κ2) is 11.5. The van der Waals surface area contributed by atoms with Gasteiger partial charge in [-0.05, 0) is 31.6 Å². The van der Waals surface area contributed by atoms with E-state index in [9.17, 15) is 5.11 Å². The molecule has 0 saturated heterocycles. The molecule has 0 unspecified atom stereocenters. The lowest BCUT2D eigenvalue weighted by molar-refractivity contribution is 0.175. The molecule has 1 rings (SSSR count). The van der Waals surface area contributed by atoms with E-state index in [1.165, 1.54) is 5.01 Å². The molecule has 0 aliphatic heterocycles. The van der Waals surface area contributed by atoms with Gasteiger partial charge in [0.2, 0.25) is 0 Å². The molecule has 0 aliphatic carbocycles. The average Bonchev–Trinajstić information content (AvgIpc) is 3.08. The zero-order valence-electron chi connectivity index (χ0n) is 16.6. The smallest absolute Gasteiger partial charge is 0.191 e. The lowest BCUT2D eigenvalue weighted by Crippen LogP contribution is -2.39. The first-order chi connectivity index (χ1) is 12.0. The molecule has 6 heteroatoms. The fraction of sp³-hybridized carbons (Fsp3) is 0.789. The van der Waals surface area contributed by atoms with Crippen molar-refractivity contribution in [1.29, 1.82) is 0 Å². The van der Waals surface area contributed by atoms with E-state index in [4.69, 9.17) is 4.99 Å². The number of nitrogens with zero attached hydrogens (tertiary/aromatic N) is 2. The predicted octanol–water partition coefficient (Wildman–Crippen LogP) is 3.55. The van der Waals surface area contributed by atoms with Gasteiger partial charge < -0.3 is 15.7 Å². The van der Waals surface area contributed by atoms with Gasteiger partial charge in [0.25, 0.3) is 0 Å². The Morgan fingerprint density at radius 3 is 2.52 bits per heavy atom. The maximum Gasteiger partial charge on any atom is 0.191 e. The van der Waals surface area contributed by atoms with Crippen LogP contribution < -0.4 is 10.6 Å². The molecule has 5 nitrogen and oxygen atoms in total. The summed E-state index contributed by atoms with van der Waals surface area (Å²) in [6.07, 6.45) is 3.77. The first-order valence-electron chi connectivity index (χ1n) is 9.57. The van der Waals surface area contributed by atoms with Crippen LogP contribution in [0.4, 0.5) is 0 Å². The number of aliphatic hydroxyl groups excluding tert-OH is 1. The molecule has 0 saturated carbocycles. The Kier molecular flexibility index (Phi) is 10.0. The number of guanidine groups is 1. The fourth-order valence-corrected chi connectivity index (χ4v) is 3.61. The van der Waals surface area contributed by atoms with Crippen LogP contribution in [-0.4, -0.2) is 42.3 Å². The van der Waals surface area contributed by atoms with E-state index < -0.39 is 0 Å². The number of aromatic nitrogens is 1. The molecule has 0 spiro atoms. The van der Waals surface area contributed by atoms with E-state index in [-0.39, 0.29) is 12.0 Å². The summed E-state index contributed by atoms with van der Waals surface area (Å²) in [6, 6.07) is 0. The first kappa shape index (κ1) is 21.9. The van der Waals surface area contributed by atoms with Crippen molar-refractivity contribution in [3.8, 4) is 0 Å². The molecular formula is C19H36N4OS. The van der Waals surface area contributed by atoms with Crippen molar-refractivity contribution in [2.45, 2.75) is 66.2 Å². The Morgan fingerprint density at radius 2 is 2.00 bits per heavy atom. The molecule has 0 fully saturated rings. The standard InChI is InChI=1S/C19H36N4OS/c1-6-19(7-2,10-12-24)14-22-18(20-8-3)21-11-9-16-13-25-17(23-16)15(4)5/h13,15,24H,6-12,14H2,1-5H3,(H2,20,21,22). The van der Waals surface area contributed by atoms with Crippen molar-refractivity contribution in [3.05, 3.63) is 16.1 Å². The van der Waals surface area contributed by atoms with Gasteiger partial charge in [0, 0.05) is 44.0 Å². The zero-order valence-corrected chi connectivity index (χ0v) is 17.4. The minimum atomic E-state index is 0.0954. The Balaban J connectivity index is 2.59. The molecule has 1 aromatic heterocycles. The molecule has 0 amide bonds. The summed E-state index contributed by atoms with van der Waals surface area (Å²) in [7, 11) is 0. The van der Waals surface area contributed by atoms with Gasteiger partial charge in [-0.25, -0.2) is 4.98 Å². The van der Waals surface area contributed by atoms with Gasteiger partial charge in [0.05, 0.1) is 10.7 Å². The van der Waals surface area contributed by atoms with Crippen LogP contribution in [0.2, 0.25) is 0 Å². The predicted molar refractivity (Wildman–Crippen MR) is 109 cm³/mol. The number of nitrogens with one attached hydrogen (secondary N) is 2. The Morgan fingerprint density at radius 1 is 1.28 bits per heavy atom. The van der Waals surface area contributed by atoms with Crippen LogP contribution in [-0.2, 0) is 6.42 Å². The highest BCUT2D eigenvalue weighted by atomic mass is 32.1. The summed E-state index contributed by atoms with van der Waals surface area (Å²) in [5.41, 5.74) is 1.24. The summed E-state index contributed by atoms with van der Waals surface area (Å²) in [5.74, 6) is 1.35. The van der Waals surface area contributed by atoms with Gasteiger partial charge in [-0.2, -0.15) is 0 Å². The Hall–Kier alpha value is -1.14. The van der Waals surface area contributed by atoms with Crippen LogP contribution in [0.3, 0.4) is 0 Å². The third-order valence-electron chi connectivity index (χ3n) is 4.80. The van der Waals surface area contributed by atoms with Crippen molar-refractivity contribution in [2.24, 2.45) is 10.4 Å². The Bertz CT molecular complexity index is 509. The second-order valence-corrected chi connectivity index (χ2v) is 7.77. The first-order valence-corrected chi connectivity index (χ1v) is 10.5. The molecule has 25 heavy (non-hydrogen) atoms. The number of rotatable bonds is 11. The van der Waals surface area contributed by atoms with Gasteiger partial charge in [-0.15, -0.1) is 11.3 Å². The van der Waals surface area contributed by atoms with Crippen LogP contribution in [0.25, 0.3) is 0 Å². The summed E-state index contributed by atoms with van der Waals surface area (Å²) < 4.78 is 0. The SMILES string of the molecule is CCNC(=NCC(CC)(CC)CCO)NCCc1csc(C(C)C)n1. The van der Waals surface area contributed by atoms with Gasteiger partial charge in [-0.1, -0.05) is 27.7 Å². The topological polar surface area (TPSA) is 69.5 Å². The quantitative estimate of drug-likeness (QED) is 0.413. The van der Waals surface area contributed by atoms with Crippen molar-refractivity contribution in [1.82, 2.24) is 15.6 Å². The van der Waals surface area contributed by atoms with E-state index in [0.29, 0.717) is 5.92 Å². The molecule has 0 aromatic carbocycles. The fourth-order valence-electron chi connectivity index (χ4n) is 2.74. The molecule has 3 N–H and O–H groups in total. The van der Waals surface area contributed by atoms with Crippen LogP contribution >= 0.6 is 11.3 Å². The molecule has 1 aromatic rings. The van der Waals surface area contributed by atoms with E-state index in [1.807, 2.05) is 0 Å². The summed E-state index contributed by atoms with van der Waals surface area (Å²) in [4.78, 5) is 9.46. The van der Waals surface area contributed by atoms with E-state index in [2.05, 4.69) is 55.6 Å². The summed E-state index contributed by atoms with van der Waals surface area (Å²) in [5, 5.41) is 19.4. The maximum absolute atomic E-state index is 9.36. The third-order valence-corrected chi connectivity index (χ3v) is 5.99. The monoisotopic (exact) mass is 368 g/mol. The van der Waals surface area contributed by atoms with Gasteiger partial charge in [0.1, 0.15) is 0 Å².